The Morgan fingerprint density at radius 1 is 1.18 bits per heavy atom. The molecule has 1 saturated carbocycles. The average Bonchev–Trinajstić information content (AvgIpc) is 2.76. The van der Waals surface area contributed by atoms with Crippen molar-refractivity contribution in [3.05, 3.63) is 46.9 Å². The summed E-state index contributed by atoms with van der Waals surface area (Å²) in [6.07, 6.45) is 3.09. The van der Waals surface area contributed by atoms with Gasteiger partial charge in [-0.3, -0.25) is 14.6 Å². The Bertz CT molecular complexity index is 954. The van der Waals surface area contributed by atoms with Crippen molar-refractivity contribution in [1.29, 1.82) is 0 Å². The third kappa shape index (κ3) is 4.88. The van der Waals surface area contributed by atoms with Gasteiger partial charge in [-0.1, -0.05) is 18.6 Å². The summed E-state index contributed by atoms with van der Waals surface area (Å²) in [5, 5.41) is 2.80. The van der Waals surface area contributed by atoms with E-state index >= 15 is 0 Å². The first-order chi connectivity index (χ1) is 15.9. The van der Waals surface area contributed by atoms with E-state index in [2.05, 4.69) is 10.2 Å². The van der Waals surface area contributed by atoms with Crippen LogP contribution in [-0.4, -0.2) is 79.0 Å². The van der Waals surface area contributed by atoms with E-state index in [0.717, 1.165) is 19.3 Å². The molecule has 33 heavy (non-hydrogen) atoms. The quantitative estimate of drug-likeness (QED) is 0.662. The number of piperazine rings is 1. The third-order valence-corrected chi connectivity index (χ3v) is 6.77. The van der Waals surface area contributed by atoms with Gasteiger partial charge in [-0.15, -0.1) is 0 Å². The zero-order valence-corrected chi connectivity index (χ0v) is 19.2. The molecule has 2 fully saturated rings. The van der Waals surface area contributed by atoms with Gasteiger partial charge in [0.2, 0.25) is 5.91 Å². The predicted molar refractivity (Wildman–Crippen MR) is 119 cm³/mol. The van der Waals surface area contributed by atoms with E-state index in [4.69, 9.17) is 4.74 Å². The minimum Gasteiger partial charge on any atom is -0.463 e. The fourth-order valence-corrected chi connectivity index (χ4v) is 4.59. The Balaban J connectivity index is 1.58. The van der Waals surface area contributed by atoms with Crippen LogP contribution in [-0.2, 0) is 14.3 Å². The molecule has 0 radical (unpaired) electrons. The lowest BCUT2D eigenvalue weighted by Gasteiger charge is -2.41. The largest absolute Gasteiger partial charge is 0.463 e. The number of hydrogen-bond donors (Lipinski definition) is 1. The second kappa shape index (κ2) is 9.91. The van der Waals surface area contributed by atoms with Crippen LogP contribution >= 0.6 is 0 Å². The SMILES string of the molecule is CCOC(=O)C1=C(CN2CCN(C(=O)C3CCC3)CC2)N(C)C(=O)N[C@@H]1c1cccc(F)c1. The number of rotatable bonds is 6. The topological polar surface area (TPSA) is 82.2 Å². The summed E-state index contributed by atoms with van der Waals surface area (Å²) in [6, 6.07) is 4.69. The lowest BCUT2D eigenvalue weighted by atomic mass is 9.84. The monoisotopic (exact) mass is 458 g/mol. The van der Waals surface area contributed by atoms with Gasteiger partial charge in [0.25, 0.3) is 0 Å². The first kappa shape index (κ1) is 23.2. The van der Waals surface area contributed by atoms with Crippen molar-refractivity contribution < 1.29 is 23.5 Å². The molecule has 2 heterocycles. The van der Waals surface area contributed by atoms with Gasteiger partial charge >= 0.3 is 12.0 Å². The molecular formula is C24H31FN4O4. The molecule has 1 atom stereocenters. The van der Waals surface area contributed by atoms with Gasteiger partial charge in [-0.2, -0.15) is 0 Å². The van der Waals surface area contributed by atoms with Crippen LogP contribution in [0.1, 0.15) is 37.8 Å². The maximum atomic E-state index is 13.9. The second-order valence-electron chi connectivity index (χ2n) is 8.81. The Morgan fingerprint density at radius 2 is 1.91 bits per heavy atom. The molecule has 2 aliphatic heterocycles. The number of nitrogens with one attached hydrogen (secondary N) is 1. The summed E-state index contributed by atoms with van der Waals surface area (Å²) in [4.78, 5) is 43.8. The van der Waals surface area contributed by atoms with E-state index in [9.17, 15) is 18.8 Å². The summed E-state index contributed by atoms with van der Waals surface area (Å²) in [5.74, 6) is -0.562. The molecule has 0 unspecified atom stereocenters. The van der Waals surface area contributed by atoms with E-state index in [1.54, 1.807) is 26.1 Å². The van der Waals surface area contributed by atoms with Crippen molar-refractivity contribution in [3.63, 3.8) is 0 Å². The van der Waals surface area contributed by atoms with Gasteiger partial charge in [0, 0.05) is 51.4 Å². The van der Waals surface area contributed by atoms with Crippen molar-refractivity contribution in [2.45, 2.75) is 32.2 Å². The molecule has 4 rings (SSSR count). The van der Waals surface area contributed by atoms with Crippen LogP contribution in [0.4, 0.5) is 9.18 Å². The van der Waals surface area contributed by atoms with Crippen LogP contribution in [0.5, 0.6) is 0 Å². The van der Waals surface area contributed by atoms with Crippen molar-refractivity contribution in [1.82, 2.24) is 20.0 Å². The Hall–Kier alpha value is -2.94. The highest BCUT2D eigenvalue weighted by atomic mass is 19.1. The number of urea groups is 1. The zero-order valence-electron chi connectivity index (χ0n) is 19.2. The summed E-state index contributed by atoms with van der Waals surface area (Å²) >= 11 is 0. The fourth-order valence-electron chi connectivity index (χ4n) is 4.59. The second-order valence-corrected chi connectivity index (χ2v) is 8.81. The number of ether oxygens (including phenoxy) is 1. The molecule has 178 valence electrons. The number of carbonyl (C=O) groups excluding carboxylic acids is 3. The minimum atomic E-state index is -0.806. The number of nitrogens with zero attached hydrogens (tertiary/aromatic N) is 3. The van der Waals surface area contributed by atoms with Crippen molar-refractivity contribution in [2.24, 2.45) is 5.92 Å². The number of amides is 3. The molecule has 3 aliphatic rings. The molecule has 0 aromatic heterocycles. The molecule has 1 saturated heterocycles. The van der Waals surface area contributed by atoms with Crippen LogP contribution in [0.25, 0.3) is 0 Å². The Kier molecular flexibility index (Phi) is 6.97. The molecule has 1 aliphatic carbocycles. The summed E-state index contributed by atoms with van der Waals surface area (Å²) in [7, 11) is 1.61. The third-order valence-electron chi connectivity index (χ3n) is 6.77. The standard InChI is InChI=1S/C24H31FN4O4/c1-3-33-23(31)20-19(15-28-10-12-29(13-11-28)22(30)16-6-4-7-16)27(2)24(32)26-21(20)17-8-5-9-18(25)14-17/h5,8-9,14,16,21H,3-4,6-7,10-13,15H2,1-2H3,(H,26,32)/t21-/m1/s1. The van der Waals surface area contributed by atoms with Crippen LogP contribution in [0.15, 0.2) is 35.5 Å². The normalized spacial score (nSPS) is 22.2. The van der Waals surface area contributed by atoms with Crippen molar-refractivity contribution in [2.75, 3.05) is 46.4 Å². The zero-order chi connectivity index (χ0) is 23.5. The molecule has 9 heteroatoms. The lowest BCUT2D eigenvalue weighted by molar-refractivity contribution is -0.140. The van der Waals surface area contributed by atoms with E-state index < -0.39 is 17.8 Å². The first-order valence-corrected chi connectivity index (χ1v) is 11.6. The van der Waals surface area contributed by atoms with E-state index in [1.807, 2.05) is 4.90 Å². The van der Waals surface area contributed by atoms with Crippen LogP contribution in [0.3, 0.4) is 0 Å². The highest BCUT2D eigenvalue weighted by molar-refractivity contribution is 5.95. The molecule has 1 aromatic rings. The number of benzene rings is 1. The van der Waals surface area contributed by atoms with E-state index in [0.29, 0.717) is 49.6 Å². The van der Waals surface area contributed by atoms with Crippen LogP contribution in [0.2, 0.25) is 0 Å². The van der Waals surface area contributed by atoms with Crippen molar-refractivity contribution >= 4 is 17.9 Å². The smallest absolute Gasteiger partial charge is 0.338 e. The number of hydrogen-bond acceptors (Lipinski definition) is 5. The molecule has 1 aromatic carbocycles. The number of carbonyl (C=O) groups is 3. The number of halogens is 1. The average molecular weight is 459 g/mol. The Labute approximate surface area is 193 Å². The first-order valence-electron chi connectivity index (χ1n) is 11.6. The fraction of sp³-hybridized carbons (Fsp3) is 0.542. The van der Waals surface area contributed by atoms with Gasteiger partial charge in [-0.25, -0.2) is 14.0 Å². The van der Waals surface area contributed by atoms with Gasteiger partial charge in [0.15, 0.2) is 0 Å². The van der Waals surface area contributed by atoms with Crippen molar-refractivity contribution in [3.8, 4) is 0 Å². The highest BCUT2D eigenvalue weighted by Crippen LogP contribution is 2.32. The van der Waals surface area contributed by atoms with E-state index in [-0.39, 0.29) is 24.5 Å². The molecule has 0 bridgehead atoms. The summed E-state index contributed by atoms with van der Waals surface area (Å²) in [5.41, 5.74) is 1.32. The number of likely N-dealkylation sites (N-methyl/N-ethyl adjacent to an activating group) is 1. The van der Waals surface area contributed by atoms with E-state index in [1.165, 1.54) is 17.0 Å². The molecule has 3 amide bonds. The van der Waals surface area contributed by atoms with Gasteiger partial charge < -0.3 is 15.0 Å². The lowest BCUT2D eigenvalue weighted by Crippen LogP contribution is -2.54. The highest BCUT2D eigenvalue weighted by Gasteiger charge is 2.38. The summed E-state index contributed by atoms with van der Waals surface area (Å²) in [6.45, 7) is 4.82. The minimum absolute atomic E-state index is 0.176. The number of esters is 1. The van der Waals surface area contributed by atoms with Crippen LogP contribution in [0, 0.1) is 11.7 Å². The molecule has 0 spiro atoms. The maximum Gasteiger partial charge on any atom is 0.338 e. The molecular weight excluding hydrogens is 427 g/mol. The van der Waals surface area contributed by atoms with Gasteiger partial charge in [0.05, 0.1) is 18.2 Å². The predicted octanol–water partition coefficient (Wildman–Crippen LogP) is 2.28. The maximum absolute atomic E-state index is 13.9. The molecule has 8 nitrogen and oxygen atoms in total. The summed E-state index contributed by atoms with van der Waals surface area (Å²) < 4.78 is 19.3. The molecule has 1 N–H and O–H groups in total. The van der Waals surface area contributed by atoms with Crippen LogP contribution < -0.4 is 5.32 Å². The van der Waals surface area contributed by atoms with Gasteiger partial charge in [0.1, 0.15) is 5.82 Å². The van der Waals surface area contributed by atoms with Gasteiger partial charge in [-0.05, 0) is 37.5 Å². The Morgan fingerprint density at radius 3 is 2.52 bits per heavy atom.